The number of aliphatic imine (C=N–C) groups is 1. The number of thiazole rings is 1. The molecule has 1 aromatic carbocycles. The minimum absolute atomic E-state index is 0.00649. The van der Waals surface area contributed by atoms with E-state index in [-0.39, 0.29) is 56.2 Å². The van der Waals surface area contributed by atoms with Crippen molar-refractivity contribution in [3.05, 3.63) is 86.4 Å². The number of ether oxygens (including phenoxy) is 1. The summed E-state index contributed by atoms with van der Waals surface area (Å²) >= 11 is 1.35. The molecule has 3 aliphatic rings. The second-order valence-electron chi connectivity index (χ2n) is 11.5. The Bertz CT molecular complexity index is 1780. The Labute approximate surface area is 267 Å². The summed E-state index contributed by atoms with van der Waals surface area (Å²) in [6, 6.07) is 5.24. The zero-order valence-electron chi connectivity index (χ0n) is 25.4. The van der Waals surface area contributed by atoms with Gasteiger partial charge in [0.15, 0.2) is 16.5 Å². The van der Waals surface area contributed by atoms with Crippen LogP contribution in [0.2, 0.25) is 0 Å². The molecule has 0 spiro atoms. The number of alkyl halides is 1. The molecule has 6 rings (SSSR count). The molecule has 14 heteroatoms. The molecule has 11 nitrogen and oxygen atoms in total. The Balaban J connectivity index is 1.32. The first-order valence-corrected chi connectivity index (χ1v) is 15.7. The molecule has 0 unspecified atom stereocenters. The van der Waals surface area contributed by atoms with Crippen molar-refractivity contribution in [2.24, 2.45) is 10.9 Å². The van der Waals surface area contributed by atoms with E-state index < -0.39 is 41.3 Å². The number of aryl methyl sites for hydroxylation is 1. The first-order valence-electron chi connectivity index (χ1n) is 14.8. The van der Waals surface area contributed by atoms with Crippen molar-refractivity contribution >= 4 is 40.8 Å². The Hall–Kier alpha value is -4.56. The third kappa shape index (κ3) is 5.55. The van der Waals surface area contributed by atoms with E-state index in [1.54, 1.807) is 44.5 Å². The number of piperidine rings is 1. The molecule has 46 heavy (non-hydrogen) atoms. The molecule has 0 saturated carbocycles. The molecule has 0 bridgehead atoms. The van der Waals surface area contributed by atoms with Crippen LogP contribution >= 0.6 is 11.3 Å². The number of pyridine rings is 1. The third-order valence-electron chi connectivity index (χ3n) is 8.77. The number of hydrogen-bond acceptors (Lipinski definition) is 10. The Morgan fingerprint density at radius 3 is 2.74 bits per heavy atom. The summed E-state index contributed by atoms with van der Waals surface area (Å²) in [6.07, 6.45) is 2.73. The number of rotatable bonds is 8. The molecule has 240 valence electrons. The number of anilines is 1. The van der Waals surface area contributed by atoms with Crippen LogP contribution < -0.4 is 10.2 Å². The molecule has 3 aromatic rings. The molecule has 3 aliphatic heterocycles. The normalized spacial score (nSPS) is 23.2. The number of carboxylic acid groups (broad SMARTS) is 1. The molecule has 2 N–H and O–H groups in total. The molecule has 3 atom stereocenters. The first kappa shape index (κ1) is 31.4. The van der Waals surface area contributed by atoms with Crippen molar-refractivity contribution in [2.45, 2.75) is 38.9 Å². The molecule has 5 heterocycles. The fraction of sp³-hybridized carbons (Fsp3) is 0.375. The second-order valence-corrected chi connectivity index (χ2v) is 12.4. The Morgan fingerprint density at radius 1 is 1.24 bits per heavy atom. The van der Waals surface area contributed by atoms with Gasteiger partial charge in [0, 0.05) is 62.0 Å². The van der Waals surface area contributed by atoms with Gasteiger partial charge in [-0.1, -0.05) is 12.1 Å². The van der Waals surface area contributed by atoms with Crippen LogP contribution in [0.25, 0.3) is 0 Å². The van der Waals surface area contributed by atoms with Crippen molar-refractivity contribution in [1.29, 1.82) is 0 Å². The maximum absolute atomic E-state index is 16.4. The summed E-state index contributed by atoms with van der Waals surface area (Å²) in [4.78, 5) is 55.0. The summed E-state index contributed by atoms with van der Waals surface area (Å²) in [7, 11) is 0. The van der Waals surface area contributed by atoms with Gasteiger partial charge in [-0.2, -0.15) is 0 Å². The lowest BCUT2D eigenvalue weighted by Crippen LogP contribution is -2.52. The number of amides is 1. The van der Waals surface area contributed by atoms with Gasteiger partial charge in [-0.05, 0) is 49.6 Å². The number of benzene rings is 1. The SMILES string of the molecule is CCOC(=O)C1=C(CN2CC[C@]3(F)C(=O)N(c4cc(C)c(C(=O)O)cn4)C[C@@H]3C2)NC(c2nccs2)=N[C@H]1c1cccc(F)c1C. The minimum Gasteiger partial charge on any atom is -0.478 e. The van der Waals surface area contributed by atoms with Crippen molar-refractivity contribution in [3.63, 3.8) is 0 Å². The monoisotopic (exact) mass is 650 g/mol. The number of likely N-dealkylation sites (tertiary alicyclic amines) is 1. The molecule has 0 aliphatic carbocycles. The highest BCUT2D eigenvalue weighted by Gasteiger charge is 2.57. The lowest BCUT2D eigenvalue weighted by molar-refractivity contribution is -0.139. The highest BCUT2D eigenvalue weighted by molar-refractivity contribution is 7.11. The summed E-state index contributed by atoms with van der Waals surface area (Å²) in [5.41, 5.74) is -0.153. The van der Waals surface area contributed by atoms with E-state index in [9.17, 15) is 23.9 Å². The van der Waals surface area contributed by atoms with E-state index in [4.69, 9.17) is 9.73 Å². The van der Waals surface area contributed by atoms with Crippen LogP contribution in [0.4, 0.5) is 14.6 Å². The molecule has 2 saturated heterocycles. The second kappa shape index (κ2) is 12.3. The van der Waals surface area contributed by atoms with E-state index in [1.807, 2.05) is 4.90 Å². The molecule has 2 aromatic heterocycles. The number of amidine groups is 1. The largest absolute Gasteiger partial charge is 0.478 e. The van der Waals surface area contributed by atoms with Gasteiger partial charge in [0.1, 0.15) is 17.7 Å². The van der Waals surface area contributed by atoms with E-state index in [1.165, 1.54) is 34.6 Å². The van der Waals surface area contributed by atoms with Crippen molar-refractivity contribution in [2.75, 3.05) is 37.7 Å². The molecule has 2 fully saturated rings. The number of carbonyl (C=O) groups excluding carboxylic acids is 2. The van der Waals surface area contributed by atoms with Crippen LogP contribution in [0.3, 0.4) is 0 Å². The van der Waals surface area contributed by atoms with Gasteiger partial charge in [0.05, 0.1) is 17.7 Å². The van der Waals surface area contributed by atoms with E-state index >= 15 is 4.39 Å². The number of aromatic carboxylic acids is 1. The van der Waals surface area contributed by atoms with Crippen LogP contribution in [0.15, 0.2) is 58.3 Å². The number of carboxylic acids is 1. The quantitative estimate of drug-likeness (QED) is 0.347. The third-order valence-corrected chi connectivity index (χ3v) is 9.55. The summed E-state index contributed by atoms with van der Waals surface area (Å²) in [5, 5.41) is 15.0. The molecule has 0 radical (unpaired) electrons. The molecule has 1 amide bonds. The van der Waals surface area contributed by atoms with E-state index in [2.05, 4.69) is 15.3 Å². The van der Waals surface area contributed by atoms with Gasteiger partial charge in [0.25, 0.3) is 5.91 Å². The lowest BCUT2D eigenvalue weighted by Gasteiger charge is -2.38. The zero-order chi connectivity index (χ0) is 32.7. The van der Waals surface area contributed by atoms with Crippen LogP contribution in [0.1, 0.15) is 51.4 Å². The van der Waals surface area contributed by atoms with E-state index in [0.29, 0.717) is 33.2 Å². The number of nitrogens with zero attached hydrogens (tertiary/aromatic N) is 5. The maximum Gasteiger partial charge on any atom is 0.338 e. The smallest absolute Gasteiger partial charge is 0.338 e. The summed E-state index contributed by atoms with van der Waals surface area (Å²) < 4.78 is 36.6. The van der Waals surface area contributed by atoms with Gasteiger partial charge in [-0.3, -0.25) is 19.6 Å². The van der Waals surface area contributed by atoms with Gasteiger partial charge < -0.3 is 15.2 Å². The number of carbonyl (C=O) groups is 3. The number of hydrogen-bond donors (Lipinski definition) is 2. The molecular weight excluding hydrogens is 618 g/mol. The fourth-order valence-electron chi connectivity index (χ4n) is 6.33. The standard InChI is InChI=1S/C32H32F2N6O5S/c1-4-45-30(43)25-23(37-27(28-35-9-11-46-28)38-26(25)20-6-5-7-22(33)18(20)3)16-39-10-8-32(34)19(14-39)15-40(31(32)44)24-12-17(2)21(13-36-24)29(41)42/h5-7,9,11-13,19,26H,4,8,10,14-16H2,1-3H3,(H,37,38)(H,41,42)/t19-,26-,32+/m0/s1. The fourth-order valence-corrected chi connectivity index (χ4v) is 6.91. The van der Waals surface area contributed by atoms with Gasteiger partial charge in [-0.25, -0.2) is 28.3 Å². The minimum atomic E-state index is -2.12. The number of aromatic nitrogens is 2. The Morgan fingerprint density at radius 2 is 2.04 bits per heavy atom. The van der Waals surface area contributed by atoms with Crippen LogP contribution in [0.5, 0.6) is 0 Å². The highest BCUT2D eigenvalue weighted by atomic mass is 32.1. The van der Waals surface area contributed by atoms with Gasteiger partial charge >= 0.3 is 11.9 Å². The zero-order valence-corrected chi connectivity index (χ0v) is 26.2. The topological polar surface area (TPSA) is 137 Å². The summed E-state index contributed by atoms with van der Waals surface area (Å²) in [5.74, 6) is -2.97. The number of halogens is 2. The molecular formula is C32H32F2N6O5S. The van der Waals surface area contributed by atoms with E-state index in [0.717, 1.165) is 0 Å². The summed E-state index contributed by atoms with van der Waals surface area (Å²) in [6.45, 7) is 5.68. The van der Waals surface area contributed by atoms with Gasteiger partial charge in [0.2, 0.25) is 0 Å². The van der Waals surface area contributed by atoms with Crippen LogP contribution in [-0.4, -0.2) is 82.1 Å². The average molecular weight is 651 g/mol. The van der Waals surface area contributed by atoms with Crippen molar-refractivity contribution < 1.29 is 33.0 Å². The predicted molar refractivity (Wildman–Crippen MR) is 166 cm³/mol. The Kier molecular flexibility index (Phi) is 8.42. The van der Waals surface area contributed by atoms with Crippen LogP contribution in [-0.2, 0) is 14.3 Å². The maximum atomic E-state index is 16.4. The van der Waals surface area contributed by atoms with Crippen molar-refractivity contribution in [1.82, 2.24) is 20.2 Å². The lowest BCUT2D eigenvalue weighted by atomic mass is 9.84. The average Bonchev–Trinajstić information content (AvgIpc) is 3.65. The van der Waals surface area contributed by atoms with Crippen molar-refractivity contribution in [3.8, 4) is 0 Å². The van der Waals surface area contributed by atoms with Crippen LogP contribution in [0, 0.1) is 25.6 Å². The number of nitrogens with one attached hydrogen (secondary N) is 1. The first-order chi connectivity index (χ1) is 22.0. The number of fused-ring (bicyclic) bond motifs is 1. The predicted octanol–water partition coefficient (Wildman–Crippen LogP) is 3.98. The highest BCUT2D eigenvalue weighted by Crippen LogP contribution is 2.42. The van der Waals surface area contributed by atoms with Gasteiger partial charge in [-0.15, -0.1) is 11.3 Å². The number of esters is 1.